The maximum absolute atomic E-state index is 13.1. The first kappa shape index (κ1) is 18.3. The summed E-state index contributed by atoms with van der Waals surface area (Å²) in [6.07, 6.45) is 0.845. The monoisotopic (exact) mass is 346 g/mol. The number of hydrazine groups is 1. The van der Waals surface area contributed by atoms with Gasteiger partial charge in [0.15, 0.2) is 11.5 Å². The summed E-state index contributed by atoms with van der Waals surface area (Å²) in [6.45, 7) is 2.52. The van der Waals surface area contributed by atoms with Crippen LogP contribution >= 0.6 is 0 Å². The zero-order valence-corrected chi connectivity index (χ0v) is 14.0. The standard InChI is InChI=1S/C18H19FN2O4/c1-3-9-25-15-8-7-13(11-16(15)24-2)18(23)21-20-17(22)12-5-4-6-14(19)10-12/h4-8,10-11H,3,9H2,1-2H3,(H,20,22)(H,21,23). The van der Waals surface area contributed by atoms with Crippen molar-refractivity contribution in [3.63, 3.8) is 0 Å². The summed E-state index contributed by atoms with van der Waals surface area (Å²) in [5.41, 5.74) is 4.88. The van der Waals surface area contributed by atoms with E-state index in [1.807, 2.05) is 6.92 Å². The van der Waals surface area contributed by atoms with Gasteiger partial charge in [-0.15, -0.1) is 0 Å². The topological polar surface area (TPSA) is 76.7 Å². The lowest BCUT2D eigenvalue weighted by Gasteiger charge is -2.12. The molecule has 0 saturated heterocycles. The van der Waals surface area contributed by atoms with Gasteiger partial charge in [-0.2, -0.15) is 0 Å². The number of halogens is 1. The highest BCUT2D eigenvalue weighted by Crippen LogP contribution is 2.28. The molecule has 0 radical (unpaired) electrons. The van der Waals surface area contributed by atoms with Crippen LogP contribution in [0, 0.1) is 5.82 Å². The van der Waals surface area contributed by atoms with Crippen molar-refractivity contribution < 1.29 is 23.5 Å². The number of ether oxygens (including phenoxy) is 2. The molecule has 2 aromatic rings. The van der Waals surface area contributed by atoms with E-state index in [-0.39, 0.29) is 11.1 Å². The lowest BCUT2D eigenvalue weighted by atomic mass is 10.2. The average molecular weight is 346 g/mol. The Morgan fingerprint density at radius 1 is 1.00 bits per heavy atom. The average Bonchev–Trinajstić information content (AvgIpc) is 2.63. The molecule has 2 aromatic carbocycles. The number of benzene rings is 2. The van der Waals surface area contributed by atoms with Crippen LogP contribution in [-0.4, -0.2) is 25.5 Å². The summed E-state index contributed by atoms with van der Waals surface area (Å²) in [5.74, 6) is -0.749. The van der Waals surface area contributed by atoms with E-state index in [0.717, 1.165) is 12.5 Å². The Morgan fingerprint density at radius 2 is 1.68 bits per heavy atom. The van der Waals surface area contributed by atoms with Gasteiger partial charge in [0.25, 0.3) is 11.8 Å². The minimum absolute atomic E-state index is 0.0983. The number of methoxy groups -OCH3 is 1. The van der Waals surface area contributed by atoms with Gasteiger partial charge in [0.05, 0.1) is 13.7 Å². The zero-order valence-electron chi connectivity index (χ0n) is 14.0. The van der Waals surface area contributed by atoms with Crippen LogP contribution in [-0.2, 0) is 0 Å². The van der Waals surface area contributed by atoms with Gasteiger partial charge in [-0.25, -0.2) is 4.39 Å². The molecule has 0 aliphatic rings. The van der Waals surface area contributed by atoms with Gasteiger partial charge in [-0.3, -0.25) is 20.4 Å². The van der Waals surface area contributed by atoms with Crippen LogP contribution in [0.5, 0.6) is 11.5 Å². The molecule has 0 atom stereocenters. The molecule has 2 amide bonds. The van der Waals surface area contributed by atoms with Crippen LogP contribution in [0.1, 0.15) is 34.1 Å². The van der Waals surface area contributed by atoms with E-state index in [2.05, 4.69) is 10.9 Å². The maximum Gasteiger partial charge on any atom is 0.269 e. The molecular formula is C18H19FN2O4. The van der Waals surface area contributed by atoms with E-state index in [0.29, 0.717) is 18.1 Å². The highest BCUT2D eigenvalue weighted by Gasteiger charge is 2.13. The maximum atomic E-state index is 13.1. The highest BCUT2D eigenvalue weighted by molar-refractivity contribution is 5.99. The number of rotatable bonds is 6. The zero-order chi connectivity index (χ0) is 18.2. The molecule has 0 saturated carbocycles. The highest BCUT2D eigenvalue weighted by atomic mass is 19.1. The van der Waals surface area contributed by atoms with Crippen molar-refractivity contribution in [2.75, 3.05) is 13.7 Å². The van der Waals surface area contributed by atoms with E-state index in [1.165, 1.54) is 31.4 Å². The Hall–Kier alpha value is -3.09. The predicted octanol–water partition coefficient (Wildman–Crippen LogP) is 2.70. The molecule has 2 N–H and O–H groups in total. The molecule has 0 heterocycles. The lowest BCUT2D eigenvalue weighted by molar-refractivity contribution is 0.0846. The van der Waals surface area contributed by atoms with Crippen LogP contribution in [0.25, 0.3) is 0 Å². The van der Waals surface area contributed by atoms with Gasteiger partial charge >= 0.3 is 0 Å². The summed E-state index contributed by atoms with van der Waals surface area (Å²) >= 11 is 0. The second-order valence-corrected chi connectivity index (χ2v) is 5.13. The molecule has 2 rings (SSSR count). The van der Waals surface area contributed by atoms with E-state index in [1.54, 1.807) is 12.1 Å². The molecule has 0 spiro atoms. The molecule has 0 unspecified atom stereocenters. The minimum Gasteiger partial charge on any atom is -0.493 e. The van der Waals surface area contributed by atoms with Gasteiger partial charge in [0, 0.05) is 11.1 Å². The van der Waals surface area contributed by atoms with E-state index in [9.17, 15) is 14.0 Å². The number of hydrogen-bond donors (Lipinski definition) is 2. The lowest BCUT2D eigenvalue weighted by Crippen LogP contribution is -2.41. The van der Waals surface area contributed by atoms with Crippen molar-refractivity contribution in [2.24, 2.45) is 0 Å². The Morgan fingerprint density at radius 3 is 2.28 bits per heavy atom. The first-order valence-electron chi connectivity index (χ1n) is 7.72. The Kier molecular flexibility index (Phi) is 6.33. The second-order valence-electron chi connectivity index (χ2n) is 5.13. The number of nitrogens with one attached hydrogen (secondary N) is 2. The molecule has 0 aliphatic heterocycles. The van der Waals surface area contributed by atoms with Crippen LogP contribution < -0.4 is 20.3 Å². The second kappa shape index (κ2) is 8.68. The van der Waals surface area contributed by atoms with Gasteiger partial charge in [0.1, 0.15) is 5.82 Å². The van der Waals surface area contributed by atoms with Crippen LogP contribution in [0.15, 0.2) is 42.5 Å². The van der Waals surface area contributed by atoms with Crippen LogP contribution in [0.4, 0.5) is 4.39 Å². The molecule has 0 aliphatic carbocycles. The molecule has 25 heavy (non-hydrogen) atoms. The first-order valence-corrected chi connectivity index (χ1v) is 7.72. The molecule has 0 bridgehead atoms. The molecule has 132 valence electrons. The largest absolute Gasteiger partial charge is 0.493 e. The first-order chi connectivity index (χ1) is 12.0. The van der Waals surface area contributed by atoms with Gasteiger partial charge in [0.2, 0.25) is 0 Å². The third-order valence-electron chi connectivity index (χ3n) is 3.26. The quantitative estimate of drug-likeness (QED) is 0.789. The molecule has 6 nitrogen and oxygen atoms in total. The number of amides is 2. The van der Waals surface area contributed by atoms with E-state index in [4.69, 9.17) is 9.47 Å². The third kappa shape index (κ3) is 4.94. The fourth-order valence-electron chi connectivity index (χ4n) is 2.03. The summed E-state index contributed by atoms with van der Waals surface area (Å²) in [4.78, 5) is 24.0. The summed E-state index contributed by atoms with van der Waals surface area (Å²) in [7, 11) is 1.47. The molecule has 0 fully saturated rings. The van der Waals surface area contributed by atoms with Crippen LogP contribution in [0.2, 0.25) is 0 Å². The Balaban J connectivity index is 2.01. The molecule has 7 heteroatoms. The van der Waals surface area contributed by atoms with Crippen molar-refractivity contribution in [1.29, 1.82) is 0 Å². The fourth-order valence-corrected chi connectivity index (χ4v) is 2.03. The fraction of sp³-hybridized carbons (Fsp3) is 0.222. The third-order valence-corrected chi connectivity index (χ3v) is 3.26. The van der Waals surface area contributed by atoms with Crippen LogP contribution in [0.3, 0.4) is 0 Å². The van der Waals surface area contributed by atoms with E-state index < -0.39 is 17.6 Å². The van der Waals surface area contributed by atoms with Crippen molar-refractivity contribution in [2.45, 2.75) is 13.3 Å². The van der Waals surface area contributed by atoms with Crippen molar-refractivity contribution in [1.82, 2.24) is 10.9 Å². The van der Waals surface area contributed by atoms with Gasteiger partial charge < -0.3 is 9.47 Å². The smallest absolute Gasteiger partial charge is 0.269 e. The molecular weight excluding hydrogens is 327 g/mol. The van der Waals surface area contributed by atoms with Crippen molar-refractivity contribution in [3.05, 3.63) is 59.4 Å². The number of hydrogen-bond acceptors (Lipinski definition) is 4. The van der Waals surface area contributed by atoms with Gasteiger partial charge in [-0.1, -0.05) is 13.0 Å². The summed E-state index contributed by atoms with van der Waals surface area (Å²) in [5, 5.41) is 0. The summed E-state index contributed by atoms with van der Waals surface area (Å²) < 4.78 is 23.8. The molecule has 0 aromatic heterocycles. The SMILES string of the molecule is CCCOc1ccc(C(=O)NNC(=O)c2cccc(F)c2)cc1OC. The summed E-state index contributed by atoms with van der Waals surface area (Å²) in [6, 6.07) is 9.83. The minimum atomic E-state index is -0.622. The van der Waals surface area contributed by atoms with Crippen molar-refractivity contribution >= 4 is 11.8 Å². The Bertz CT molecular complexity index is 764. The number of carbonyl (C=O) groups is 2. The van der Waals surface area contributed by atoms with Gasteiger partial charge in [-0.05, 0) is 42.8 Å². The predicted molar refractivity (Wildman–Crippen MR) is 90.1 cm³/mol. The normalized spacial score (nSPS) is 10.0. The van der Waals surface area contributed by atoms with Crippen molar-refractivity contribution in [3.8, 4) is 11.5 Å². The van der Waals surface area contributed by atoms with E-state index >= 15 is 0 Å². The Labute approximate surface area is 144 Å². The number of carbonyl (C=O) groups excluding carboxylic acids is 2.